The van der Waals surface area contributed by atoms with Gasteiger partial charge in [-0.1, -0.05) is 0 Å². The first-order valence-corrected chi connectivity index (χ1v) is 8.50. The van der Waals surface area contributed by atoms with Gasteiger partial charge < -0.3 is 19.4 Å². The van der Waals surface area contributed by atoms with Gasteiger partial charge in [-0.2, -0.15) is 5.26 Å². The molecule has 8 nitrogen and oxygen atoms in total. The van der Waals surface area contributed by atoms with Gasteiger partial charge in [0.25, 0.3) is 0 Å². The Morgan fingerprint density at radius 3 is 2.64 bits per heavy atom. The summed E-state index contributed by atoms with van der Waals surface area (Å²) in [4.78, 5) is 25.8. The standard InChI is InChI=1S/C18H14F2N5O3/c19-16-14(23-5-3-12(26)4-6-23)1-2-15(17(16)20)25-10-13(28-18(25)27)9-24-8-11(7-21)22-24/h1-3,5,8,13H,4,6,9-10H2/q-1. The summed E-state index contributed by atoms with van der Waals surface area (Å²) in [6.07, 6.45) is 3.04. The maximum atomic E-state index is 14.7. The Labute approximate surface area is 158 Å². The second kappa shape index (κ2) is 6.84. The number of halogens is 2. The maximum absolute atomic E-state index is 14.7. The number of aromatic nitrogens is 2. The van der Waals surface area contributed by atoms with E-state index in [0.29, 0.717) is 0 Å². The molecule has 10 heteroatoms. The lowest BCUT2D eigenvalue weighted by Gasteiger charge is -2.26. The highest BCUT2D eigenvalue weighted by molar-refractivity contribution is 5.92. The lowest BCUT2D eigenvalue weighted by atomic mass is 10.1. The molecule has 4 rings (SSSR count). The zero-order valence-electron chi connectivity index (χ0n) is 14.5. The summed E-state index contributed by atoms with van der Waals surface area (Å²) in [7, 11) is 0. The summed E-state index contributed by atoms with van der Waals surface area (Å²) in [5.41, 5.74) is 0.0284. The van der Waals surface area contributed by atoms with Crippen molar-refractivity contribution < 1.29 is 23.1 Å². The molecule has 144 valence electrons. The SMILES string of the molecule is N#Cc1cn(CC2CN(c3ccc(N4C=CC(=O)CC4)c(F)c3F)C(=O)O2)[n-]1. The predicted molar refractivity (Wildman–Crippen MR) is 92.6 cm³/mol. The van der Waals surface area contributed by atoms with Crippen LogP contribution in [0.3, 0.4) is 0 Å². The van der Waals surface area contributed by atoms with E-state index < -0.39 is 23.8 Å². The number of ether oxygens (including phenoxy) is 1. The monoisotopic (exact) mass is 386 g/mol. The van der Waals surface area contributed by atoms with Crippen LogP contribution in [0.4, 0.5) is 25.0 Å². The van der Waals surface area contributed by atoms with Gasteiger partial charge in [-0.3, -0.25) is 9.69 Å². The van der Waals surface area contributed by atoms with Crippen molar-refractivity contribution in [3.05, 3.63) is 47.9 Å². The largest absolute Gasteiger partial charge is 0.585 e. The first-order chi connectivity index (χ1) is 13.5. The molecule has 0 spiro atoms. The molecule has 3 heterocycles. The molecule has 1 unspecified atom stereocenters. The fourth-order valence-corrected chi connectivity index (χ4v) is 3.17. The molecular weight excluding hydrogens is 372 g/mol. The van der Waals surface area contributed by atoms with Gasteiger partial charge in [0.2, 0.25) is 0 Å². The lowest BCUT2D eigenvalue weighted by molar-refractivity contribution is -0.114. The topological polar surface area (TPSA) is 92.7 Å². The van der Waals surface area contributed by atoms with Gasteiger partial charge in [-0.05, 0) is 30.1 Å². The van der Waals surface area contributed by atoms with E-state index in [2.05, 4.69) is 5.10 Å². The number of rotatable bonds is 4. The van der Waals surface area contributed by atoms with Gasteiger partial charge in [0.15, 0.2) is 17.4 Å². The van der Waals surface area contributed by atoms with Crippen LogP contribution >= 0.6 is 0 Å². The van der Waals surface area contributed by atoms with E-state index in [1.807, 2.05) is 6.07 Å². The van der Waals surface area contributed by atoms with E-state index in [1.165, 1.54) is 40.2 Å². The van der Waals surface area contributed by atoms with Crippen molar-refractivity contribution in [1.29, 1.82) is 5.26 Å². The van der Waals surface area contributed by atoms with Gasteiger partial charge in [0.1, 0.15) is 6.10 Å². The average molecular weight is 386 g/mol. The number of hydrogen-bond donors (Lipinski definition) is 0. The molecule has 28 heavy (non-hydrogen) atoms. The van der Waals surface area contributed by atoms with Gasteiger partial charge in [-0.15, -0.1) is 0 Å². The van der Waals surface area contributed by atoms with E-state index in [-0.39, 0.29) is 48.9 Å². The quantitative estimate of drug-likeness (QED) is 0.797. The Hall–Kier alpha value is -3.61. The molecule has 1 atom stereocenters. The molecule has 1 amide bonds. The highest BCUT2D eigenvalue weighted by atomic mass is 19.2. The van der Waals surface area contributed by atoms with E-state index >= 15 is 0 Å². The Morgan fingerprint density at radius 2 is 1.96 bits per heavy atom. The molecule has 0 N–H and O–H groups in total. The van der Waals surface area contributed by atoms with E-state index in [9.17, 15) is 18.4 Å². The van der Waals surface area contributed by atoms with E-state index in [4.69, 9.17) is 10.00 Å². The first kappa shape index (κ1) is 17.8. The molecule has 0 bridgehead atoms. The number of hydrogen-bond acceptors (Lipinski definition) is 5. The number of cyclic esters (lactones) is 1. The van der Waals surface area contributed by atoms with E-state index in [0.717, 1.165) is 4.90 Å². The van der Waals surface area contributed by atoms with Crippen LogP contribution in [0.25, 0.3) is 0 Å². The molecule has 0 radical (unpaired) electrons. The summed E-state index contributed by atoms with van der Waals surface area (Å²) < 4.78 is 35.9. The van der Waals surface area contributed by atoms with Crippen LogP contribution in [-0.4, -0.2) is 35.8 Å². The second-order valence-corrected chi connectivity index (χ2v) is 6.42. The highest BCUT2D eigenvalue weighted by Crippen LogP contribution is 2.32. The number of nitrogens with zero attached hydrogens (tertiary/aromatic N) is 5. The molecule has 1 aromatic heterocycles. The first-order valence-electron chi connectivity index (χ1n) is 8.50. The summed E-state index contributed by atoms with van der Waals surface area (Å²) in [6.45, 7) is 0.479. The molecule has 2 aliphatic heterocycles. The Morgan fingerprint density at radius 1 is 1.25 bits per heavy atom. The third-order valence-electron chi connectivity index (χ3n) is 4.57. The molecule has 2 aromatic rings. The van der Waals surface area contributed by atoms with Crippen LogP contribution in [-0.2, 0) is 16.1 Å². The normalized spacial score (nSPS) is 19.2. The van der Waals surface area contributed by atoms with Crippen LogP contribution in [0.1, 0.15) is 12.1 Å². The lowest BCUT2D eigenvalue weighted by Crippen LogP contribution is -2.29. The Balaban J connectivity index is 1.52. The van der Waals surface area contributed by atoms with Crippen LogP contribution < -0.4 is 14.9 Å². The van der Waals surface area contributed by atoms with E-state index in [1.54, 1.807) is 0 Å². The summed E-state index contributed by atoms with van der Waals surface area (Å²) >= 11 is 0. The second-order valence-electron chi connectivity index (χ2n) is 6.42. The Bertz CT molecular complexity index is 1010. The molecule has 1 saturated heterocycles. The maximum Gasteiger partial charge on any atom is 0.414 e. The van der Waals surface area contributed by atoms with Gasteiger partial charge in [-0.25, -0.2) is 13.6 Å². The average Bonchev–Trinajstić information content (AvgIpc) is 3.01. The van der Waals surface area contributed by atoms with Crippen molar-refractivity contribution in [3.63, 3.8) is 0 Å². The fourth-order valence-electron chi connectivity index (χ4n) is 3.17. The number of allylic oxidation sites excluding steroid dienone is 1. The number of benzene rings is 1. The van der Waals surface area contributed by atoms with Crippen LogP contribution in [0.2, 0.25) is 0 Å². The molecule has 0 saturated carbocycles. The number of carbonyl (C=O) groups excluding carboxylic acids is 2. The van der Waals surface area contributed by atoms with Crippen LogP contribution in [0.5, 0.6) is 0 Å². The van der Waals surface area contributed by atoms with Gasteiger partial charge in [0.05, 0.1) is 24.0 Å². The minimum Gasteiger partial charge on any atom is -0.585 e. The number of nitriles is 1. The molecule has 1 fully saturated rings. The fraction of sp³-hybridized carbons (Fsp3) is 0.278. The van der Waals surface area contributed by atoms with Crippen molar-refractivity contribution in [2.24, 2.45) is 0 Å². The minimum atomic E-state index is -1.17. The molecular formula is C18H14F2N5O3-. The molecule has 1 aromatic carbocycles. The number of ketones is 1. The van der Waals surface area contributed by atoms with Crippen LogP contribution in [0.15, 0.2) is 30.6 Å². The molecule has 0 aliphatic carbocycles. The number of anilines is 2. The zero-order valence-corrected chi connectivity index (χ0v) is 14.5. The molecule has 2 aliphatic rings. The summed E-state index contributed by atoms with van der Waals surface area (Å²) in [6, 6.07) is 4.54. The summed E-state index contributed by atoms with van der Waals surface area (Å²) in [5.74, 6) is -2.35. The van der Waals surface area contributed by atoms with Crippen molar-refractivity contribution in [2.75, 3.05) is 22.9 Å². The summed E-state index contributed by atoms with van der Waals surface area (Å²) in [5, 5.41) is 12.5. The predicted octanol–water partition coefficient (Wildman–Crippen LogP) is 1.91. The number of amides is 1. The van der Waals surface area contributed by atoms with Gasteiger partial charge in [0, 0.05) is 25.7 Å². The minimum absolute atomic E-state index is 0.0114. The van der Waals surface area contributed by atoms with Crippen molar-refractivity contribution >= 4 is 23.3 Å². The third-order valence-corrected chi connectivity index (χ3v) is 4.57. The number of carbonyl (C=O) groups is 2. The van der Waals surface area contributed by atoms with Crippen molar-refractivity contribution in [1.82, 2.24) is 9.78 Å². The van der Waals surface area contributed by atoms with Crippen molar-refractivity contribution in [3.8, 4) is 6.07 Å². The third kappa shape index (κ3) is 3.11. The van der Waals surface area contributed by atoms with Crippen LogP contribution in [0, 0.1) is 23.0 Å². The van der Waals surface area contributed by atoms with Crippen molar-refractivity contribution in [2.45, 2.75) is 19.1 Å². The Kier molecular flexibility index (Phi) is 4.35. The smallest absolute Gasteiger partial charge is 0.414 e. The highest BCUT2D eigenvalue weighted by Gasteiger charge is 2.35. The zero-order chi connectivity index (χ0) is 19.8. The van der Waals surface area contributed by atoms with Gasteiger partial charge >= 0.3 is 6.09 Å².